The smallest absolute Gasteiger partial charge is 0.419 e. The topological polar surface area (TPSA) is 29.5 Å². The first kappa shape index (κ1) is 13.5. The van der Waals surface area contributed by atoms with Crippen LogP contribution < -0.4 is 12.4 Å². The molecule has 0 saturated carbocycles. The Morgan fingerprint density at radius 2 is 2.18 bits per heavy atom. The normalized spacial score (nSPS) is 8.27. The fourth-order valence-electron chi connectivity index (χ4n) is 0.397. The van der Waals surface area contributed by atoms with Crippen LogP contribution in [-0.2, 0) is 4.74 Å². The highest BCUT2D eigenvalue weighted by molar-refractivity contribution is 7.78. The second kappa shape index (κ2) is 8.01. The van der Waals surface area contributed by atoms with E-state index in [-0.39, 0.29) is 12.4 Å². The van der Waals surface area contributed by atoms with E-state index in [1.54, 1.807) is 0 Å². The number of amides is 1. The van der Waals surface area contributed by atoms with E-state index in [0.29, 0.717) is 6.61 Å². The van der Waals surface area contributed by atoms with Crippen molar-refractivity contribution in [3.63, 3.8) is 0 Å². The third-order valence-electron chi connectivity index (χ3n) is 0.988. The average molecular weight is 199 g/mol. The van der Waals surface area contributed by atoms with Crippen LogP contribution in [0.25, 0.3) is 0 Å². The van der Waals surface area contributed by atoms with Gasteiger partial charge in [0.25, 0.3) is 0 Å². The summed E-state index contributed by atoms with van der Waals surface area (Å²) in [6, 6.07) is 0. The zero-order valence-corrected chi connectivity index (χ0v) is 8.36. The lowest BCUT2D eigenvalue weighted by molar-refractivity contribution is -0.00000872. The monoisotopic (exact) mass is 198 g/mol. The van der Waals surface area contributed by atoms with E-state index in [1.165, 1.54) is 7.05 Å². The Labute approximate surface area is 79.0 Å². The maximum atomic E-state index is 10.6. The van der Waals surface area contributed by atoms with E-state index in [4.69, 9.17) is 4.74 Å². The number of thiol groups is 1. The number of carbonyl (C=O) groups is 1. The van der Waals surface area contributed by atoms with Gasteiger partial charge in [0, 0.05) is 7.05 Å². The molecule has 0 heterocycles. The molecule has 0 fully saturated rings. The number of hydrogen-bond acceptors (Lipinski definition) is 3. The van der Waals surface area contributed by atoms with Crippen LogP contribution in [0.15, 0.2) is 0 Å². The van der Waals surface area contributed by atoms with Gasteiger partial charge in [-0.05, 0) is 6.42 Å². The minimum absolute atomic E-state index is 0. The lowest BCUT2D eigenvalue weighted by Gasteiger charge is -2.08. The van der Waals surface area contributed by atoms with Gasteiger partial charge >= 0.3 is 6.09 Å². The van der Waals surface area contributed by atoms with Gasteiger partial charge in [-0.1, -0.05) is 26.2 Å². The third kappa shape index (κ3) is 7.81. The molecule has 0 unspecified atom stereocenters. The number of nitrogens with zero attached hydrogens (tertiary/aromatic N) is 1. The second-order valence-electron chi connectivity index (χ2n) is 1.99. The van der Waals surface area contributed by atoms with Crippen LogP contribution in [0, 0.1) is 0 Å². The van der Waals surface area contributed by atoms with E-state index in [9.17, 15) is 4.79 Å². The molecule has 11 heavy (non-hydrogen) atoms. The number of rotatable bonds is 3. The van der Waals surface area contributed by atoms with Crippen molar-refractivity contribution in [3.8, 4) is 0 Å². The minimum Gasteiger partial charge on any atom is -1.00 e. The molecule has 0 rings (SSSR count). The summed E-state index contributed by atoms with van der Waals surface area (Å²) in [5, 5.41) is 0. The van der Waals surface area contributed by atoms with Gasteiger partial charge in [-0.15, -0.1) is 0 Å². The molecule has 0 N–H and O–H groups in total. The molecule has 0 radical (unpaired) electrons. The van der Waals surface area contributed by atoms with Crippen molar-refractivity contribution in [2.24, 2.45) is 0 Å². The Balaban J connectivity index is 0. The molecular formula is C6H13ClNO2S-. The predicted molar refractivity (Wildman–Crippen MR) is 43.0 cm³/mol. The van der Waals surface area contributed by atoms with Crippen molar-refractivity contribution in [1.29, 1.82) is 0 Å². The van der Waals surface area contributed by atoms with Gasteiger partial charge in [-0.2, -0.15) is 0 Å². The molecule has 5 heteroatoms. The van der Waals surface area contributed by atoms with E-state index in [2.05, 4.69) is 12.8 Å². The lowest BCUT2D eigenvalue weighted by atomic mass is 10.4. The summed E-state index contributed by atoms with van der Waals surface area (Å²) in [6.45, 7) is 2.53. The summed E-state index contributed by atoms with van der Waals surface area (Å²) in [6.07, 6.45) is 1.55. The van der Waals surface area contributed by atoms with Gasteiger partial charge in [-0.3, -0.25) is 4.31 Å². The summed E-state index contributed by atoms with van der Waals surface area (Å²) in [4.78, 5) is 10.6. The Kier molecular flexibility index (Phi) is 9.83. The molecule has 0 aromatic carbocycles. The molecule has 3 nitrogen and oxygen atoms in total. The molecule has 0 atom stereocenters. The highest BCUT2D eigenvalue weighted by Crippen LogP contribution is 1.95. The number of hydrogen-bond donors (Lipinski definition) is 1. The van der Waals surface area contributed by atoms with Crippen molar-refractivity contribution in [1.82, 2.24) is 4.31 Å². The molecule has 1 amide bonds. The minimum atomic E-state index is -0.392. The van der Waals surface area contributed by atoms with Crippen LogP contribution >= 0.6 is 12.8 Å². The fourth-order valence-corrected chi connectivity index (χ4v) is 0.455. The van der Waals surface area contributed by atoms with Crippen molar-refractivity contribution in [2.75, 3.05) is 13.7 Å². The highest BCUT2D eigenvalue weighted by Gasteiger charge is 2.02. The number of ether oxygens (including phenoxy) is 1. The first-order chi connectivity index (χ1) is 4.68. The van der Waals surface area contributed by atoms with Crippen molar-refractivity contribution >= 4 is 18.9 Å². The second-order valence-corrected chi connectivity index (χ2v) is 2.59. The summed E-state index contributed by atoms with van der Waals surface area (Å²) < 4.78 is 5.88. The van der Waals surface area contributed by atoms with Gasteiger partial charge < -0.3 is 17.1 Å². The van der Waals surface area contributed by atoms with E-state index in [1.807, 2.05) is 6.92 Å². The molecule has 0 aromatic rings. The maximum absolute atomic E-state index is 10.6. The highest BCUT2D eigenvalue weighted by atomic mass is 35.5. The zero-order valence-electron chi connectivity index (χ0n) is 6.71. The molecule has 0 bridgehead atoms. The van der Waals surface area contributed by atoms with Crippen LogP contribution in [0.4, 0.5) is 4.79 Å². The van der Waals surface area contributed by atoms with E-state index >= 15 is 0 Å². The van der Waals surface area contributed by atoms with Crippen LogP contribution in [0.1, 0.15) is 19.8 Å². The molecule has 0 aliphatic rings. The van der Waals surface area contributed by atoms with Gasteiger partial charge in [0.1, 0.15) is 0 Å². The van der Waals surface area contributed by atoms with E-state index in [0.717, 1.165) is 17.1 Å². The van der Waals surface area contributed by atoms with Crippen molar-refractivity contribution in [3.05, 3.63) is 0 Å². The van der Waals surface area contributed by atoms with Gasteiger partial charge in [0.15, 0.2) is 0 Å². The largest absolute Gasteiger partial charge is 1.00 e. The Hall–Kier alpha value is -0.0900. The SMILES string of the molecule is CCCCOC(=O)N(C)S.[Cl-]. The Morgan fingerprint density at radius 3 is 2.55 bits per heavy atom. The molecule has 0 aromatic heterocycles. The first-order valence-electron chi connectivity index (χ1n) is 3.27. The molecule has 0 aliphatic carbocycles. The number of halogens is 1. The van der Waals surface area contributed by atoms with Gasteiger partial charge in [0.2, 0.25) is 0 Å². The number of carbonyl (C=O) groups excluding carboxylic acids is 1. The van der Waals surface area contributed by atoms with Gasteiger partial charge in [0.05, 0.1) is 6.61 Å². The average Bonchev–Trinajstić information content (AvgIpc) is 1.88. The zero-order chi connectivity index (χ0) is 7.98. The standard InChI is InChI=1S/C6H13NO2S.ClH/c1-3-4-5-9-6(8)7(2)10;/h10H,3-5H2,1-2H3;1H/p-1. The molecule has 0 saturated heterocycles. The Morgan fingerprint density at radius 1 is 1.64 bits per heavy atom. The predicted octanol–water partition coefficient (Wildman–Crippen LogP) is -1.30. The fraction of sp³-hybridized carbons (Fsp3) is 0.833. The number of unbranched alkanes of at least 4 members (excludes halogenated alkanes) is 1. The lowest BCUT2D eigenvalue weighted by Crippen LogP contribution is -3.00. The molecule has 68 valence electrons. The molecule has 0 spiro atoms. The van der Waals surface area contributed by atoms with Crippen molar-refractivity contribution in [2.45, 2.75) is 19.8 Å². The molecule has 0 aliphatic heterocycles. The van der Waals surface area contributed by atoms with Crippen LogP contribution in [0.3, 0.4) is 0 Å². The van der Waals surface area contributed by atoms with Crippen molar-refractivity contribution < 1.29 is 21.9 Å². The first-order valence-corrected chi connectivity index (χ1v) is 3.67. The summed E-state index contributed by atoms with van der Waals surface area (Å²) in [5.74, 6) is 0. The quantitative estimate of drug-likeness (QED) is 0.452. The Bertz CT molecular complexity index is 111. The maximum Gasteiger partial charge on any atom is 0.419 e. The summed E-state index contributed by atoms with van der Waals surface area (Å²) >= 11 is 3.75. The van der Waals surface area contributed by atoms with Crippen LogP contribution in [-0.4, -0.2) is 24.1 Å². The van der Waals surface area contributed by atoms with Crippen LogP contribution in [0.2, 0.25) is 0 Å². The van der Waals surface area contributed by atoms with Gasteiger partial charge in [-0.25, -0.2) is 4.79 Å². The molecular weight excluding hydrogens is 186 g/mol. The van der Waals surface area contributed by atoms with Crippen LogP contribution in [0.5, 0.6) is 0 Å². The van der Waals surface area contributed by atoms with E-state index < -0.39 is 6.09 Å². The summed E-state index contributed by atoms with van der Waals surface area (Å²) in [7, 11) is 1.54. The third-order valence-corrected chi connectivity index (χ3v) is 1.15. The summed E-state index contributed by atoms with van der Waals surface area (Å²) in [5.41, 5.74) is 0.